The number of thiazole rings is 1. The molecule has 0 saturated carbocycles. The van der Waals surface area contributed by atoms with Gasteiger partial charge in [-0.2, -0.15) is 0 Å². The maximum Gasteiger partial charge on any atom is 0.133 e. The van der Waals surface area contributed by atoms with Crippen molar-refractivity contribution < 1.29 is 4.39 Å². The van der Waals surface area contributed by atoms with Gasteiger partial charge < -0.3 is 5.32 Å². The second kappa shape index (κ2) is 6.11. The first kappa shape index (κ1) is 14.6. The predicted octanol–water partition coefficient (Wildman–Crippen LogP) is 4.69. The van der Waals surface area contributed by atoms with Gasteiger partial charge in [0.25, 0.3) is 0 Å². The minimum atomic E-state index is -0.236. The Kier molecular flexibility index (Phi) is 4.71. The van der Waals surface area contributed by atoms with E-state index < -0.39 is 0 Å². The summed E-state index contributed by atoms with van der Waals surface area (Å²) in [4.78, 5) is 5.67. The van der Waals surface area contributed by atoms with E-state index in [1.165, 1.54) is 6.07 Å². The average molecular weight is 343 g/mol. The lowest BCUT2D eigenvalue weighted by Gasteiger charge is -2.09. The van der Waals surface area contributed by atoms with Gasteiger partial charge in [-0.15, -0.1) is 11.3 Å². The Balaban J connectivity index is 2.41. The van der Waals surface area contributed by atoms with E-state index in [-0.39, 0.29) is 11.9 Å². The van der Waals surface area contributed by atoms with Crippen molar-refractivity contribution in [1.82, 2.24) is 10.3 Å². The third-order valence-electron chi connectivity index (χ3n) is 2.89. The van der Waals surface area contributed by atoms with E-state index in [1.54, 1.807) is 23.5 Å². The van der Waals surface area contributed by atoms with Gasteiger partial charge >= 0.3 is 0 Å². The van der Waals surface area contributed by atoms with E-state index >= 15 is 0 Å². The number of nitrogens with one attached hydrogen (secondary N) is 1. The number of nitrogens with zero attached hydrogens (tertiary/aromatic N) is 1. The highest BCUT2D eigenvalue weighted by Crippen LogP contribution is 2.34. The van der Waals surface area contributed by atoms with Crippen LogP contribution in [0, 0.1) is 12.7 Å². The average Bonchev–Trinajstić information content (AvgIpc) is 2.74. The molecule has 5 heteroatoms. The lowest BCUT2D eigenvalue weighted by molar-refractivity contribution is 0.603. The molecule has 2 rings (SSSR count). The Hall–Kier alpha value is -0.780. The summed E-state index contributed by atoms with van der Waals surface area (Å²) in [6, 6.07) is 5.17. The van der Waals surface area contributed by atoms with Gasteiger partial charge in [-0.1, -0.05) is 22.9 Å². The Labute approximate surface area is 125 Å². The van der Waals surface area contributed by atoms with Crippen LogP contribution in [-0.4, -0.2) is 11.5 Å². The Morgan fingerprint density at radius 2 is 2.21 bits per heavy atom. The van der Waals surface area contributed by atoms with Crippen LogP contribution in [0.5, 0.6) is 0 Å². The van der Waals surface area contributed by atoms with Gasteiger partial charge in [0.05, 0.1) is 5.69 Å². The van der Waals surface area contributed by atoms with Crippen molar-refractivity contribution in [3.05, 3.63) is 39.1 Å². The number of aryl methyl sites for hydroxylation is 1. The van der Waals surface area contributed by atoms with Crippen LogP contribution in [-0.2, 0) is 0 Å². The summed E-state index contributed by atoms with van der Waals surface area (Å²) in [6.45, 7) is 7.05. The van der Waals surface area contributed by atoms with E-state index in [0.717, 1.165) is 26.6 Å². The molecule has 0 aliphatic rings. The molecule has 1 heterocycles. The first-order valence-corrected chi connectivity index (χ1v) is 7.80. The number of hydrogen-bond donors (Lipinski definition) is 1. The van der Waals surface area contributed by atoms with Crippen LogP contribution >= 0.6 is 27.3 Å². The highest BCUT2D eigenvalue weighted by molar-refractivity contribution is 9.10. The van der Waals surface area contributed by atoms with Gasteiger partial charge in [0, 0.05) is 21.0 Å². The smallest absolute Gasteiger partial charge is 0.133 e. The lowest BCUT2D eigenvalue weighted by atomic mass is 10.2. The van der Waals surface area contributed by atoms with Crippen LogP contribution in [0.25, 0.3) is 10.6 Å². The van der Waals surface area contributed by atoms with Gasteiger partial charge in [-0.3, -0.25) is 0 Å². The molecule has 0 bridgehead atoms. The molecule has 1 N–H and O–H groups in total. The summed E-state index contributed by atoms with van der Waals surface area (Å²) in [5, 5.41) is 4.09. The number of halogens is 2. The quantitative estimate of drug-likeness (QED) is 0.871. The van der Waals surface area contributed by atoms with Gasteiger partial charge in [0.1, 0.15) is 10.8 Å². The van der Waals surface area contributed by atoms with Crippen LogP contribution < -0.4 is 5.32 Å². The van der Waals surface area contributed by atoms with Crippen molar-refractivity contribution in [2.75, 3.05) is 6.54 Å². The Bertz CT molecular complexity index is 583. The fourth-order valence-electron chi connectivity index (χ4n) is 1.99. The molecule has 19 heavy (non-hydrogen) atoms. The summed E-state index contributed by atoms with van der Waals surface area (Å²) in [7, 11) is 0. The first-order chi connectivity index (χ1) is 9.02. The van der Waals surface area contributed by atoms with Crippen LogP contribution in [0.1, 0.15) is 30.5 Å². The molecule has 2 nitrogen and oxygen atoms in total. The second-order valence-electron chi connectivity index (χ2n) is 4.37. The summed E-state index contributed by atoms with van der Waals surface area (Å²) in [5.41, 5.74) is 1.52. The molecule has 102 valence electrons. The zero-order valence-corrected chi connectivity index (χ0v) is 13.5. The number of rotatable bonds is 4. The fourth-order valence-corrected chi connectivity index (χ4v) is 3.46. The van der Waals surface area contributed by atoms with Crippen molar-refractivity contribution in [2.45, 2.75) is 26.8 Å². The fraction of sp³-hybridized carbons (Fsp3) is 0.357. The third-order valence-corrected chi connectivity index (χ3v) is 4.76. The van der Waals surface area contributed by atoms with Crippen molar-refractivity contribution in [3.63, 3.8) is 0 Å². The molecular weight excluding hydrogens is 327 g/mol. The standard InChI is InChI=1S/C14H16BrFN2S/c1-4-17-8(2)13-9(3)18-14(19-13)11-7-10(15)5-6-12(11)16/h5-8,17H,4H2,1-3H3. The largest absolute Gasteiger partial charge is 0.310 e. The van der Waals surface area contributed by atoms with Crippen LogP contribution in [0.2, 0.25) is 0 Å². The summed E-state index contributed by atoms with van der Waals surface area (Å²) in [6.07, 6.45) is 0. The molecule has 0 saturated heterocycles. The molecule has 0 fully saturated rings. The minimum Gasteiger partial charge on any atom is -0.310 e. The van der Waals surface area contributed by atoms with Crippen molar-refractivity contribution in [2.24, 2.45) is 0 Å². The Morgan fingerprint density at radius 3 is 2.89 bits per heavy atom. The zero-order valence-electron chi connectivity index (χ0n) is 11.1. The molecule has 2 aromatic rings. The lowest BCUT2D eigenvalue weighted by Crippen LogP contribution is -2.17. The number of hydrogen-bond acceptors (Lipinski definition) is 3. The first-order valence-electron chi connectivity index (χ1n) is 6.19. The molecule has 0 spiro atoms. The third kappa shape index (κ3) is 3.22. The van der Waals surface area contributed by atoms with E-state index in [9.17, 15) is 4.39 Å². The summed E-state index contributed by atoms with van der Waals surface area (Å²) >= 11 is 4.92. The van der Waals surface area contributed by atoms with Crippen molar-refractivity contribution in [1.29, 1.82) is 0 Å². The monoisotopic (exact) mass is 342 g/mol. The molecule has 1 unspecified atom stereocenters. The molecule has 0 aliphatic heterocycles. The molecule has 0 amide bonds. The molecule has 1 aromatic heterocycles. The maximum absolute atomic E-state index is 13.9. The van der Waals surface area contributed by atoms with Gasteiger partial charge in [0.2, 0.25) is 0 Å². The molecule has 1 atom stereocenters. The topological polar surface area (TPSA) is 24.9 Å². The molecule has 1 aromatic carbocycles. The van der Waals surface area contributed by atoms with Crippen molar-refractivity contribution >= 4 is 27.3 Å². The minimum absolute atomic E-state index is 0.236. The van der Waals surface area contributed by atoms with E-state index in [1.807, 2.05) is 6.92 Å². The number of benzene rings is 1. The normalized spacial score (nSPS) is 12.7. The highest BCUT2D eigenvalue weighted by Gasteiger charge is 2.16. The molecule has 0 radical (unpaired) electrons. The SMILES string of the molecule is CCNC(C)c1sc(-c2cc(Br)ccc2F)nc1C. The van der Waals surface area contributed by atoms with Crippen LogP contribution in [0.4, 0.5) is 4.39 Å². The van der Waals surface area contributed by atoms with E-state index in [2.05, 4.69) is 40.1 Å². The second-order valence-corrected chi connectivity index (χ2v) is 6.32. The zero-order chi connectivity index (χ0) is 14.0. The highest BCUT2D eigenvalue weighted by atomic mass is 79.9. The van der Waals surface area contributed by atoms with E-state index in [0.29, 0.717) is 5.56 Å². The summed E-state index contributed by atoms with van der Waals surface area (Å²) < 4.78 is 14.7. The maximum atomic E-state index is 13.9. The van der Waals surface area contributed by atoms with Gasteiger partial charge in [-0.05, 0) is 38.6 Å². The molecule has 0 aliphatic carbocycles. The van der Waals surface area contributed by atoms with Gasteiger partial charge in [0.15, 0.2) is 0 Å². The number of aromatic nitrogens is 1. The Morgan fingerprint density at radius 1 is 1.47 bits per heavy atom. The van der Waals surface area contributed by atoms with Gasteiger partial charge in [-0.25, -0.2) is 9.37 Å². The van der Waals surface area contributed by atoms with Crippen LogP contribution in [0.3, 0.4) is 0 Å². The molecular formula is C14H16BrFN2S. The van der Waals surface area contributed by atoms with E-state index in [4.69, 9.17) is 0 Å². The predicted molar refractivity (Wildman–Crippen MR) is 82.0 cm³/mol. The van der Waals surface area contributed by atoms with Crippen molar-refractivity contribution in [3.8, 4) is 10.6 Å². The summed E-state index contributed by atoms with van der Waals surface area (Å²) in [5.74, 6) is -0.236. The van der Waals surface area contributed by atoms with Crippen LogP contribution in [0.15, 0.2) is 22.7 Å².